The van der Waals surface area contributed by atoms with Gasteiger partial charge in [-0.3, -0.25) is 9.59 Å². The fourth-order valence-corrected chi connectivity index (χ4v) is 3.05. The molecule has 30 heavy (non-hydrogen) atoms. The molecule has 0 radical (unpaired) electrons. The minimum Gasteiger partial charge on any atom is -0.350 e. The summed E-state index contributed by atoms with van der Waals surface area (Å²) in [5.74, 6) is -1.33. The highest BCUT2D eigenvalue weighted by molar-refractivity contribution is 7.88. The second-order valence-corrected chi connectivity index (χ2v) is 9.14. The fourth-order valence-electron chi connectivity index (χ4n) is 2.70. The molecule has 0 spiro atoms. The minimum absolute atomic E-state index is 0.0383. The van der Waals surface area contributed by atoms with Crippen molar-refractivity contribution in [3.8, 4) is 0 Å². The van der Waals surface area contributed by atoms with Gasteiger partial charge in [0.2, 0.25) is 21.8 Å². The van der Waals surface area contributed by atoms with Gasteiger partial charge in [0.1, 0.15) is 11.9 Å². The van der Waals surface area contributed by atoms with Crippen LogP contribution in [0, 0.1) is 5.82 Å². The molecule has 0 bridgehead atoms. The van der Waals surface area contributed by atoms with Crippen molar-refractivity contribution in [3.63, 3.8) is 0 Å². The number of nitrogens with zero attached hydrogens (tertiary/aromatic N) is 2. The van der Waals surface area contributed by atoms with Crippen molar-refractivity contribution >= 4 is 21.8 Å². The fraction of sp³-hybridized carbons (Fsp3) is 0.333. The molecular weight excluding hydrogens is 409 g/mol. The maximum atomic E-state index is 13.2. The molecule has 1 atom stereocenters. The van der Waals surface area contributed by atoms with Crippen LogP contribution in [-0.2, 0) is 32.7 Å². The standard InChI is InChI=1S/C21H26FN3O4S/c1-16(21(27)23-13-17-7-5-4-6-8-17)25(14-18-9-11-19(22)12-10-18)20(26)15-24(2)30(3,28)29/h4-12,16H,13-15H2,1-3H3,(H,23,27)/t16-/m1/s1. The summed E-state index contributed by atoms with van der Waals surface area (Å²) in [7, 11) is -2.27. The summed E-state index contributed by atoms with van der Waals surface area (Å²) in [5.41, 5.74) is 1.53. The lowest BCUT2D eigenvalue weighted by atomic mass is 10.1. The van der Waals surface area contributed by atoms with Crippen LogP contribution >= 0.6 is 0 Å². The van der Waals surface area contributed by atoms with Gasteiger partial charge in [0.15, 0.2) is 0 Å². The van der Waals surface area contributed by atoms with Crippen LogP contribution in [0.3, 0.4) is 0 Å². The Kier molecular flexibility index (Phi) is 8.08. The Morgan fingerprint density at radius 1 is 1.03 bits per heavy atom. The van der Waals surface area contributed by atoms with Crippen molar-refractivity contribution in [2.45, 2.75) is 26.1 Å². The van der Waals surface area contributed by atoms with Crippen LogP contribution in [0.1, 0.15) is 18.1 Å². The quantitative estimate of drug-likeness (QED) is 0.650. The average Bonchev–Trinajstić information content (AvgIpc) is 2.71. The number of rotatable bonds is 9. The van der Waals surface area contributed by atoms with Gasteiger partial charge in [-0.05, 0) is 30.2 Å². The largest absolute Gasteiger partial charge is 0.350 e. The van der Waals surface area contributed by atoms with Gasteiger partial charge in [0.05, 0.1) is 12.8 Å². The Morgan fingerprint density at radius 2 is 1.63 bits per heavy atom. The van der Waals surface area contributed by atoms with Gasteiger partial charge >= 0.3 is 0 Å². The lowest BCUT2D eigenvalue weighted by Gasteiger charge is -2.30. The molecule has 0 fully saturated rings. The van der Waals surface area contributed by atoms with Crippen molar-refractivity contribution < 1.29 is 22.4 Å². The van der Waals surface area contributed by atoms with E-state index in [-0.39, 0.29) is 12.5 Å². The molecule has 0 aromatic heterocycles. The molecule has 0 aliphatic carbocycles. The van der Waals surface area contributed by atoms with Crippen LogP contribution in [0.5, 0.6) is 0 Å². The van der Waals surface area contributed by atoms with Gasteiger partial charge in [-0.25, -0.2) is 12.8 Å². The predicted molar refractivity (Wildman–Crippen MR) is 112 cm³/mol. The number of benzene rings is 2. The maximum Gasteiger partial charge on any atom is 0.242 e. The summed E-state index contributed by atoms with van der Waals surface area (Å²) in [4.78, 5) is 26.8. The monoisotopic (exact) mass is 435 g/mol. The van der Waals surface area contributed by atoms with Crippen LogP contribution in [0.25, 0.3) is 0 Å². The number of amides is 2. The van der Waals surface area contributed by atoms with E-state index in [1.54, 1.807) is 6.92 Å². The Bertz CT molecular complexity index is 966. The Balaban J connectivity index is 2.16. The van der Waals surface area contributed by atoms with Gasteiger partial charge in [0, 0.05) is 20.1 Å². The third-order valence-corrected chi connectivity index (χ3v) is 5.93. The van der Waals surface area contributed by atoms with Crippen LogP contribution in [0.15, 0.2) is 54.6 Å². The molecule has 2 aromatic rings. The molecule has 2 rings (SSSR count). The summed E-state index contributed by atoms with van der Waals surface area (Å²) in [6.45, 7) is 1.50. The Morgan fingerprint density at radius 3 is 2.20 bits per heavy atom. The molecule has 7 nitrogen and oxygen atoms in total. The van der Waals surface area contributed by atoms with Gasteiger partial charge < -0.3 is 10.2 Å². The zero-order chi connectivity index (χ0) is 22.3. The lowest BCUT2D eigenvalue weighted by Crippen LogP contribution is -2.50. The molecule has 162 valence electrons. The van der Waals surface area contributed by atoms with E-state index in [4.69, 9.17) is 0 Å². The van der Waals surface area contributed by atoms with E-state index in [9.17, 15) is 22.4 Å². The summed E-state index contributed by atoms with van der Waals surface area (Å²) in [6, 6.07) is 14.0. The van der Waals surface area contributed by atoms with Crippen LogP contribution < -0.4 is 5.32 Å². The van der Waals surface area contributed by atoms with E-state index in [1.165, 1.54) is 36.2 Å². The number of hydrogen-bond donors (Lipinski definition) is 1. The maximum absolute atomic E-state index is 13.2. The van der Waals surface area contributed by atoms with E-state index in [0.29, 0.717) is 12.1 Å². The molecule has 0 aliphatic heterocycles. The van der Waals surface area contributed by atoms with E-state index in [2.05, 4.69) is 5.32 Å². The van der Waals surface area contributed by atoms with E-state index >= 15 is 0 Å². The molecule has 1 N–H and O–H groups in total. The zero-order valence-corrected chi connectivity index (χ0v) is 18.0. The van der Waals surface area contributed by atoms with Gasteiger partial charge in [-0.15, -0.1) is 0 Å². The van der Waals surface area contributed by atoms with Gasteiger partial charge in [0.25, 0.3) is 0 Å². The second kappa shape index (κ2) is 10.3. The van der Waals surface area contributed by atoms with Crippen molar-refractivity contribution in [3.05, 3.63) is 71.5 Å². The predicted octanol–water partition coefficient (Wildman–Crippen LogP) is 1.75. The highest BCUT2D eigenvalue weighted by Gasteiger charge is 2.28. The number of likely N-dealkylation sites (N-methyl/N-ethyl adjacent to an activating group) is 1. The SMILES string of the molecule is C[C@H](C(=O)NCc1ccccc1)N(Cc1ccc(F)cc1)C(=O)CN(C)S(C)(=O)=O. The Hall–Kier alpha value is -2.78. The molecule has 0 saturated heterocycles. The van der Waals surface area contributed by atoms with Crippen molar-refractivity contribution in [1.82, 2.24) is 14.5 Å². The number of halogens is 1. The normalized spacial score (nSPS) is 12.4. The molecule has 2 aromatic carbocycles. The number of nitrogens with one attached hydrogen (secondary N) is 1. The lowest BCUT2D eigenvalue weighted by molar-refractivity contribution is -0.140. The molecule has 0 aliphatic rings. The molecule has 0 heterocycles. The molecule has 0 saturated carbocycles. The number of sulfonamides is 1. The van der Waals surface area contributed by atoms with Gasteiger partial charge in [-0.2, -0.15) is 4.31 Å². The van der Waals surface area contributed by atoms with Crippen LogP contribution in [0.4, 0.5) is 4.39 Å². The average molecular weight is 436 g/mol. The van der Waals surface area contributed by atoms with Crippen molar-refractivity contribution in [1.29, 1.82) is 0 Å². The van der Waals surface area contributed by atoms with E-state index in [1.807, 2.05) is 30.3 Å². The summed E-state index contributed by atoms with van der Waals surface area (Å²) in [6.07, 6.45) is 1.00. The topological polar surface area (TPSA) is 86.8 Å². The first-order chi connectivity index (χ1) is 14.1. The molecule has 9 heteroatoms. The summed E-state index contributed by atoms with van der Waals surface area (Å²) in [5, 5.41) is 2.79. The highest BCUT2D eigenvalue weighted by Crippen LogP contribution is 2.12. The van der Waals surface area contributed by atoms with E-state index < -0.39 is 34.3 Å². The third kappa shape index (κ3) is 6.93. The smallest absolute Gasteiger partial charge is 0.242 e. The molecule has 0 unspecified atom stereocenters. The van der Waals surface area contributed by atoms with E-state index in [0.717, 1.165) is 16.1 Å². The van der Waals surface area contributed by atoms with Crippen molar-refractivity contribution in [2.75, 3.05) is 19.8 Å². The molecule has 2 amide bonds. The first-order valence-electron chi connectivity index (χ1n) is 9.35. The zero-order valence-electron chi connectivity index (χ0n) is 17.2. The minimum atomic E-state index is -3.57. The van der Waals surface area contributed by atoms with Crippen LogP contribution in [-0.4, -0.2) is 55.3 Å². The van der Waals surface area contributed by atoms with Gasteiger partial charge in [-0.1, -0.05) is 42.5 Å². The Labute approximate surface area is 176 Å². The van der Waals surface area contributed by atoms with Crippen molar-refractivity contribution in [2.24, 2.45) is 0 Å². The van der Waals surface area contributed by atoms with Crippen LogP contribution in [0.2, 0.25) is 0 Å². The number of carbonyl (C=O) groups excluding carboxylic acids is 2. The first-order valence-corrected chi connectivity index (χ1v) is 11.2. The first kappa shape index (κ1) is 23.5. The number of carbonyl (C=O) groups is 2. The summed E-state index contributed by atoms with van der Waals surface area (Å²) < 4.78 is 37.5. The molecular formula is C21H26FN3O4S. The summed E-state index contributed by atoms with van der Waals surface area (Å²) >= 11 is 0. The third-order valence-electron chi connectivity index (χ3n) is 4.67. The highest BCUT2D eigenvalue weighted by atomic mass is 32.2. The second-order valence-electron chi connectivity index (χ2n) is 7.05. The number of hydrogen-bond acceptors (Lipinski definition) is 4.